The van der Waals surface area contributed by atoms with E-state index in [2.05, 4.69) is 25.9 Å². The highest BCUT2D eigenvalue weighted by molar-refractivity contribution is 5.62. The van der Waals surface area contributed by atoms with Crippen LogP contribution in [0.15, 0.2) is 42.6 Å². The van der Waals surface area contributed by atoms with E-state index in [9.17, 15) is 0 Å². The molecule has 3 rings (SSSR count). The first-order chi connectivity index (χ1) is 9.97. The summed E-state index contributed by atoms with van der Waals surface area (Å²) in [5, 5.41) is 4.58. The van der Waals surface area contributed by atoms with Crippen LogP contribution in [0.2, 0.25) is 0 Å². The average Bonchev–Trinajstić information content (AvgIpc) is 2.90. The van der Waals surface area contributed by atoms with Gasteiger partial charge in [-0.1, -0.05) is 20.8 Å². The van der Waals surface area contributed by atoms with Crippen LogP contribution in [0.25, 0.3) is 16.9 Å². The van der Waals surface area contributed by atoms with Gasteiger partial charge in [-0.3, -0.25) is 0 Å². The third kappa shape index (κ3) is 2.61. The van der Waals surface area contributed by atoms with Gasteiger partial charge in [0.25, 0.3) is 0 Å². The number of hydrogen-bond acceptors (Lipinski definition) is 3. The van der Waals surface area contributed by atoms with E-state index in [0.717, 1.165) is 28.3 Å². The van der Waals surface area contributed by atoms with Crippen molar-refractivity contribution in [3.05, 3.63) is 48.3 Å². The Labute approximate surface area is 124 Å². The average molecular weight is 281 g/mol. The van der Waals surface area contributed by atoms with Crippen LogP contribution in [0.4, 0.5) is 0 Å². The number of methoxy groups -OCH3 is 1. The molecule has 108 valence electrons. The lowest BCUT2D eigenvalue weighted by molar-refractivity contribution is 0.415. The van der Waals surface area contributed by atoms with Gasteiger partial charge < -0.3 is 4.74 Å². The molecule has 0 N–H and O–H groups in total. The summed E-state index contributed by atoms with van der Waals surface area (Å²) in [5.41, 5.74) is 3.94. The Kier molecular flexibility index (Phi) is 3.16. The Bertz CT molecular complexity index is 767. The summed E-state index contributed by atoms with van der Waals surface area (Å²) in [4.78, 5) is 4.69. The van der Waals surface area contributed by atoms with Crippen LogP contribution in [0.5, 0.6) is 5.75 Å². The number of rotatable bonds is 2. The van der Waals surface area contributed by atoms with Crippen molar-refractivity contribution < 1.29 is 4.74 Å². The van der Waals surface area contributed by atoms with Gasteiger partial charge in [-0.15, -0.1) is 0 Å². The zero-order chi connectivity index (χ0) is 15.0. The minimum atomic E-state index is 0.0218. The Morgan fingerprint density at radius 3 is 2.38 bits per heavy atom. The summed E-state index contributed by atoms with van der Waals surface area (Å²) in [7, 11) is 1.67. The van der Waals surface area contributed by atoms with Crippen molar-refractivity contribution in [1.82, 2.24) is 14.6 Å². The first-order valence-corrected chi connectivity index (χ1v) is 6.99. The molecule has 0 amide bonds. The monoisotopic (exact) mass is 281 g/mol. The Balaban J connectivity index is 2.03. The molecule has 0 aliphatic carbocycles. The van der Waals surface area contributed by atoms with Crippen molar-refractivity contribution >= 4 is 5.65 Å². The topological polar surface area (TPSA) is 39.4 Å². The molecule has 0 radical (unpaired) electrons. The molecule has 0 bridgehead atoms. The standard InChI is InChI=1S/C17H19N3O/c1-17(2,3)15-11-16-18-14(9-10-20(16)19-15)12-5-7-13(21-4)8-6-12/h5-11H,1-4H3. The molecule has 0 atom stereocenters. The molecule has 0 spiro atoms. The normalized spacial score (nSPS) is 11.8. The fraction of sp³-hybridized carbons (Fsp3) is 0.294. The summed E-state index contributed by atoms with van der Waals surface area (Å²) < 4.78 is 7.01. The van der Waals surface area contributed by atoms with Crippen LogP contribution in [0.3, 0.4) is 0 Å². The van der Waals surface area contributed by atoms with E-state index < -0.39 is 0 Å². The first-order valence-electron chi connectivity index (χ1n) is 6.99. The van der Waals surface area contributed by atoms with Crippen molar-refractivity contribution in [2.45, 2.75) is 26.2 Å². The maximum absolute atomic E-state index is 5.18. The maximum atomic E-state index is 5.18. The van der Waals surface area contributed by atoms with Crippen LogP contribution in [-0.4, -0.2) is 21.7 Å². The van der Waals surface area contributed by atoms with E-state index in [4.69, 9.17) is 9.72 Å². The lowest BCUT2D eigenvalue weighted by atomic mass is 9.93. The second-order valence-electron chi connectivity index (χ2n) is 6.12. The highest BCUT2D eigenvalue weighted by Crippen LogP contribution is 2.24. The van der Waals surface area contributed by atoms with Gasteiger partial charge in [0.1, 0.15) is 5.75 Å². The predicted molar refractivity (Wildman–Crippen MR) is 83.7 cm³/mol. The number of hydrogen-bond donors (Lipinski definition) is 0. The van der Waals surface area contributed by atoms with Crippen molar-refractivity contribution in [2.24, 2.45) is 0 Å². The van der Waals surface area contributed by atoms with Gasteiger partial charge in [0, 0.05) is 23.2 Å². The highest BCUT2D eigenvalue weighted by Gasteiger charge is 2.18. The molecule has 4 nitrogen and oxygen atoms in total. The zero-order valence-corrected chi connectivity index (χ0v) is 12.8. The molecule has 0 aliphatic rings. The number of nitrogens with zero attached hydrogens (tertiary/aromatic N) is 3. The fourth-order valence-corrected chi connectivity index (χ4v) is 2.17. The molecule has 4 heteroatoms. The Morgan fingerprint density at radius 1 is 1.05 bits per heavy atom. The Morgan fingerprint density at radius 2 is 1.76 bits per heavy atom. The molecule has 0 saturated heterocycles. The van der Waals surface area contributed by atoms with Crippen molar-refractivity contribution in [1.29, 1.82) is 0 Å². The molecule has 2 heterocycles. The third-order valence-electron chi connectivity index (χ3n) is 3.48. The molecule has 0 unspecified atom stereocenters. The molecule has 0 aliphatic heterocycles. The minimum Gasteiger partial charge on any atom is -0.497 e. The number of benzene rings is 1. The molecule has 0 fully saturated rings. The molecule has 0 saturated carbocycles. The van der Waals surface area contributed by atoms with Gasteiger partial charge in [0.15, 0.2) is 5.65 Å². The molecular weight excluding hydrogens is 262 g/mol. The van der Waals surface area contributed by atoms with E-state index in [1.54, 1.807) is 7.11 Å². The maximum Gasteiger partial charge on any atom is 0.155 e. The van der Waals surface area contributed by atoms with Crippen LogP contribution < -0.4 is 4.74 Å². The lowest BCUT2D eigenvalue weighted by Crippen LogP contribution is -2.11. The molecular formula is C17H19N3O. The summed E-state index contributed by atoms with van der Waals surface area (Å²) in [6.45, 7) is 6.46. The van der Waals surface area contributed by atoms with Gasteiger partial charge in [-0.2, -0.15) is 5.10 Å². The molecule has 1 aromatic carbocycles. The van der Waals surface area contributed by atoms with E-state index in [1.165, 1.54) is 0 Å². The number of ether oxygens (including phenoxy) is 1. The van der Waals surface area contributed by atoms with Crippen LogP contribution in [-0.2, 0) is 5.41 Å². The summed E-state index contributed by atoms with van der Waals surface area (Å²) in [6, 6.07) is 11.9. The van der Waals surface area contributed by atoms with Gasteiger partial charge in [-0.25, -0.2) is 9.50 Å². The van der Waals surface area contributed by atoms with E-state index >= 15 is 0 Å². The van der Waals surface area contributed by atoms with E-state index in [1.807, 2.05) is 47.1 Å². The molecule has 21 heavy (non-hydrogen) atoms. The second kappa shape index (κ2) is 4.88. The molecule has 3 aromatic rings. The van der Waals surface area contributed by atoms with Crippen molar-refractivity contribution in [2.75, 3.05) is 7.11 Å². The lowest BCUT2D eigenvalue weighted by Gasteiger charge is -2.13. The summed E-state index contributed by atoms with van der Waals surface area (Å²) in [6.07, 6.45) is 1.96. The zero-order valence-electron chi connectivity index (χ0n) is 12.8. The van der Waals surface area contributed by atoms with E-state index in [0.29, 0.717) is 0 Å². The first kappa shape index (κ1) is 13.6. The van der Waals surface area contributed by atoms with Crippen LogP contribution >= 0.6 is 0 Å². The third-order valence-corrected chi connectivity index (χ3v) is 3.48. The smallest absolute Gasteiger partial charge is 0.155 e. The van der Waals surface area contributed by atoms with Crippen LogP contribution in [0.1, 0.15) is 26.5 Å². The summed E-state index contributed by atoms with van der Waals surface area (Å²) >= 11 is 0. The number of fused-ring (bicyclic) bond motifs is 1. The van der Waals surface area contributed by atoms with Gasteiger partial charge in [0.2, 0.25) is 0 Å². The Hall–Kier alpha value is -2.36. The second-order valence-corrected chi connectivity index (χ2v) is 6.12. The van der Waals surface area contributed by atoms with Gasteiger partial charge >= 0.3 is 0 Å². The van der Waals surface area contributed by atoms with Gasteiger partial charge in [-0.05, 0) is 30.3 Å². The van der Waals surface area contributed by atoms with Crippen molar-refractivity contribution in [3.8, 4) is 17.0 Å². The van der Waals surface area contributed by atoms with Crippen LogP contribution in [0, 0.1) is 0 Å². The van der Waals surface area contributed by atoms with E-state index in [-0.39, 0.29) is 5.41 Å². The van der Waals surface area contributed by atoms with Gasteiger partial charge in [0.05, 0.1) is 18.5 Å². The minimum absolute atomic E-state index is 0.0218. The SMILES string of the molecule is COc1ccc(-c2ccn3nc(C(C)(C)C)cc3n2)cc1. The fourth-order valence-electron chi connectivity index (χ4n) is 2.17. The quantitative estimate of drug-likeness (QED) is 0.719. The highest BCUT2D eigenvalue weighted by atomic mass is 16.5. The molecule has 2 aromatic heterocycles. The largest absolute Gasteiger partial charge is 0.497 e. The summed E-state index contributed by atoms with van der Waals surface area (Å²) in [5.74, 6) is 0.846. The predicted octanol–water partition coefficient (Wildman–Crippen LogP) is 3.70. The number of aromatic nitrogens is 3. The van der Waals surface area contributed by atoms with Crippen molar-refractivity contribution in [3.63, 3.8) is 0 Å².